The Bertz CT molecular complexity index is 1190. The Kier molecular flexibility index (Phi) is 12.0. The highest BCUT2D eigenvalue weighted by Crippen LogP contribution is 2.42. The second-order valence-electron chi connectivity index (χ2n) is 13.2. The van der Waals surface area contributed by atoms with Gasteiger partial charge in [0.2, 0.25) is 0 Å². The molecule has 3 N–H and O–H groups in total. The molecule has 2 saturated heterocycles. The highest BCUT2D eigenvalue weighted by atomic mass is 35.5. The van der Waals surface area contributed by atoms with E-state index in [1.54, 1.807) is 38.3 Å². The minimum Gasteiger partial charge on any atom is -0.458 e. The number of alkyl halides is 1. The van der Waals surface area contributed by atoms with Gasteiger partial charge in [-0.15, -0.1) is 11.6 Å². The molecule has 1 saturated carbocycles. The lowest BCUT2D eigenvalue weighted by Gasteiger charge is -2.51. The molecule has 3 fully saturated rings. The number of aliphatic hydroxyl groups excluding tert-OH is 1. The van der Waals surface area contributed by atoms with E-state index in [1.807, 2.05) is 26.8 Å². The number of esters is 1. The Labute approximate surface area is 271 Å². The fourth-order valence-corrected chi connectivity index (χ4v) is 6.78. The summed E-state index contributed by atoms with van der Waals surface area (Å²) in [5, 5.41) is 33.6. The summed E-state index contributed by atoms with van der Waals surface area (Å²) < 4.78 is 35.9. The first-order valence-electron chi connectivity index (χ1n) is 15.7. The fraction of sp³-hybridized carbons (Fsp3) is 0.735. The summed E-state index contributed by atoms with van der Waals surface area (Å²) in [6.07, 6.45) is 3.64. The first kappa shape index (κ1) is 36.1. The van der Waals surface area contributed by atoms with Gasteiger partial charge >= 0.3 is 5.97 Å². The zero-order valence-electron chi connectivity index (χ0n) is 27.2. The third kappa shape index (κ3) is 8.78. The van der Waals surface area contributed by atoms with Crippen LogP contribution in [0.1, 0.15) is 60.3 Å². The van der Waals surface area contributed by atoms with Gasteiger partial charge in [-0.25, -0.2) is 0 Å². The van der Waals surface area contributed by atoms with Crippen LogP contribution in [0.2, 0.25) is 0 Å². The average Bonchev–Trinajstić information content (AvgIpc) is 3.67. The molecule has 0 aromatic heterocycles. The molecule has 0 radical (unpaired) electrons. The van der Waals surface area contributed by atoms with Gasteiger partial charge in [-0.3, -0.25) is 4.79 Å². The van der Waals surface area contributed by atoms with E-state index in [1.165, 1.54) is 14.0 Å². The Balaban J connectivity index is 1.58. The van der Waals surface area contributed by atoms with Crippen molar-refractivity contribution in [1.82, 2.24) is 0 Å². The third-order valence-corrected chi connectivity index (χ3v) is 9.82. The van der Waals surface area contributed by atoms with Crippen molar-refractivity contribution in [2.75, 3.05) is 14.2 Å². The predicted octanol–water partition coefficient (Wildman–Crippen LogP) is 3.40. The van der Waals surface area contributed by atoms with Crippen molar-refractivity contribution in [3.63, 3.8) is 0 Å². The highest BCUT2D eigenvalue weighted by Gasteiger charge is 2.55. The van der Waals surface area contributed by atoms with E-state index >= 15 is 0 Å². The molecule has 252 valence electrons. The molecule has 0 aromatic rings. The zero-order valence-corrected chi connectivity index (χ0v) is 28.0. The van der Waals surface area contributed by atoms with Crippen LogP contribution in [0.5, 0.6) is 0 Å². The Morgan fingerprint density at radius 1 is 1.13 bits per heavy atom. The number of hydrogen-bond acceptors (Lipinski definition) is 10. The molecule has 11 heteroatoms. The van der Waals surface area contributed by atoms with Gasteiger partial charge in [0.1, 0.15) is 23.9 Å². The quantitative estimate of drug-likeness (QED) is 0.129. The normalized spacial score (nSPS) is 47.2. The topological polar surface area (TPSA) is 133 Å². The standard InChI is InChI=1S/C34H49ClO10/c1-19-14-24(13-11-9-8-10-12-23-16-25(23)35)43-28(36)18-34(39)17-27(21(3)29(45-34)20(2)26(15-19)40-6)44-32-31(41-7)33(5,38)30(37)22(4)42-32/h8-9,11,13,15,20-27,29-32,37-39H,14,16-18H2,1-7H3/b9-8+,13-11+,19-15+/t20-,21-,22+,23-,24+,25-,26-,27+,29+,30+,31+,32-,33-,34+/m1/s1. The lowest BCUT2D eigenvalue weighted by Crippen LogP contribution is -2.66. The number of carbonyl (C=O) groups is 1. The summed E-state index contributed by atoms with van der Waals surface area (Å²) in [6.45, 7) is 8.98. The maximum atomic E-state index is 13.3. The van der Waals surface area contributed by atoms with Gasteiger partial charge in [0.25, 0.3) is 0 Å². The van der Waals surface area contributed by atoms with Crippen molar-refractivity contribution in [3.05, 3.63) is 36.0 Å². The summed E-state index contributed by atoms with van der Waals surface area (Å²) >= 11 is 5.99. The zero-order chi connectivity index (χ0) is 33.1. The summed E-state index contributed by atoms with van der Waals surface area (Å²) in [5.41, 5.74) is -0.699. The van der Waals surface area contributed by atoms with Crippen molar-refractivity contribution in [3.8, 4) is 11.8 Å². The van der Waals surface area contributed by atoms with Crippen LogP contribution < -0.4 is 0 Å². The minimum atomic E-state index is -1.92. The molecule has 1 aliphatic carbocycles. The van der Waals surface area contributed by atoms with E-state index in [4.69, 9.17) is 40.0 Å². The smallest absolute Gasteiger partial charge is 0.311 e. The van der Waals surface area contributed by atoms with E-state index in [0.717, 1.165) is 12.0 Å². The molecule has 10 nitrogen and oxygen atoms in total. The lowest BCUT2D eigenvalue weighted by atomic mass is 9.79. The first-order chi connectivity index (χ1) is 21.2. The lowest BCUT2D eigenvalue weighted by molar-refractivity contribution is -0.362. The molecule has 45 heavy (non-hydrogen) atoms. The van der Waals surface area contributed by atoms with Crippen LogP contribution in [-0.4, -0.2) is 101 Å². The molecule has 14 atom stereocenters. The number of cyclic esters (lactones) is 1. The van der Waals surface area contributed by atoms with Crippen LogP contribution in [0, 0.1) is 29.6 Å². The molecular formula is C34H49ClO10. The number of ether oxygens (including phenoxy) is 6. The van der Waals surface area contributed by atoms with E-state index in [-0.39, 0.29) is 35.7 Å². The Morgan fingerprint density at radius 2 is 1.84 bits per heavy atom. The second kappa shape index (κ2) is 15.0. The number of methoxy groups -OCH3 is 2. The summed E-state index contributed by atoms with van der Waals surface area (Å²) in [6, 6.07) is 0. The molecule has 0 spiro atoms. The predicted molar refractivity (Wildman–Crippen MR) is 167 cm³/mol. The fourth-order valence-electron chi connectivity index (χ4n) is 6.53. The van der Waals surface area contributed by atoms with Gasteiger partial charge < -0.3 is 43.7 Å². The number of carbonyl (C=O) groups excluding carboxylic acids is 1. The summed E-state index contributed by atoms with van der Waals surface area (Å²) in [7, 11) is 3.02. The second-order valence-corrected chi connectivity index (χ2v) is 13.7. The van der Waals surface area contributed by atoms with Gasteiger partial charge in [-0.05, 0) is 39.3 Å². The summed E-state index contributed by atoms with van der Waals surface area (Å²) in [5.74, 6) is 3.23. The Morgan fingerprint density at radius 3 is 2.49 bits per heavy atom. The highest BCUT2D eigenvalue weighted by molar-refractivity contribution is 6.22. The maximum Gasteiger partial charge on any atom is 0.311 e. The van der Waals surface area contributed by atoms with Crippen LogP contribution in [0.4, 0.5) is 0 Å². The molecule has 0 unspecified atom stereocenters. The minimum absolute atomic E-state index is 0.0690. The van der Waals surface area contributed by atoms with E-state index < -0.39 is 66.7 Å². The molecule has 3 heterocycles. The molecule has 2 bridgehead atoms. The number of aliphatic hydroxyl groups is 3. The molecule has 0 aromatic carbocycles. The van der Waals surface area contributed by atoms with E-state index in [2.05, 4.69) is 11.8 Å². The van der Waals surface area contributed by atoms with E-state index in [9.17, 15) is 20.1 Å². The largest absolute Gasteiger partial charge is 0.458 e. The van der Waals surface area contributed by atoms with Crippen molar-refractivity contribution in [2.45, 2.75) is 126 Å². The van der Waals surface area contributed by atoms with Gasteiger partial charge in [0, 0.05) is 50.2 Å². The van der Waals surface area contributed by atoms with Crippen molar-refractivity contribution >= 4 is 17.6 Å². The molecule has 3 aliphatic heterocycles. The number of rotatable bonds is 6. The third-order valence-electron chi connectivity index (χ3n) is 9.34. The molecule has 4 rings (SSSR count). The maximum absolute atomic E-state index is 13.3. The van der Waals surface area contributed by atoms with Crippen molar-refractivity contribution in [2.24, 2.45) is 17.8 Å². The van der Waals surface area contributed by atoms with E-state index in [0.29, 0.717) is 6.42 Å². The number of fused-ring (bicyclic) bond motifs is 2. The molecular weight excluding hydrogens is 604 g/mol. The molecule has 0 amide bonds. The monoisotopic (exact) mass is 652 g/mol. The van der Waals surface area contributed by atoms with Gasteiger partial charge in [0.15, 0.2) is 12.1 Å². The van der Waals surface area contributed by atoms with Gasteiger partial charge in [-0.2, -0.15) is 0 Å². The van der Waals surface area contributed by atoms with Gasteiger partial charge in [-0.1, -0.05) is 49.5 Å². The van der Waals surface area contributed by atoms with Crippen molar-refractivity contribution < 1.29 is 48.5 Å². The van der Waals surface area contributed by atoms with Crippen LogP contribution >= 0.6 is 11.6 Å². The number of hydrogen-bond donors (Lipinski definition) is 3. The summed E-state index contributed by atoms with van der Waals surface area (Å²) in [4.78, 5) is 13.3. The van der Waals surface area contributed by atoms with Crippen LogP contribution in [0.3, 0.4) is 0 Å². The molecule has 4 aliphatic rings. The van der Waals surface area contributed by atoms with Crippen LogP contribution in [0.25, 0.3) is 0 Å². The number of halogens is 1. The number of allylic oxidation sites excluding steroid dienone is 3. The Hall–Kier alpha value is -1.78. The first-order valence-corrected chi connectivity index (χ1v) is 16.1. The van der Waals surface area contributed by atoms with Gasteiger partial charge in [0.05, 0.1) is 30.8 Å². The van der Waals surface area contributed by atoms with Crippen LogP contribution in [-0.2, 0) is 33.2 Å². The van der Waals surface area contributed by atoms with Crippen LogP contribution in [0.15, 0.2) is 36.0 Å². The average molecular weight is 653 g/mol. The SMILES string of the molecule is CO[C@@H]1/C=C(\C)C[C@H](/C=C/C=C/C#C[C@@H]2C[C@H]2Cl)OC(=O)C[C@]2(O)C[C@H](O[C@H]3O[C@@H](C)[C@H](O)[C@@](C)(O)[C@H]3OC)[C@@H](C)[C@@H](O2)[C@@H]1C. The van der Waals surface area contributed by atoms with Crippen molar-refractivity contribution in [1.29, 1.82) is 0 Å².